The molecule has 0 atom stereocenters. The third-order valence-corrected chi connectivity index (χ3v) is 2.67. The fourth-order valence-electron chi connectivity index (χ4n) is 1.73. The molecule has 0 aliphatic carbocycles. The lowest BCUT2D eigenvalue weighted by molar-refractivity contribution is -0.384. The van der Waals surface area contributed by atoms with Crippen molar-refractivity contribution >= 4 is 17.3 Å². The van der Waals surface area contributed by atoms with Crippen molar-refractivity contribution in [2.45, 2.75) is 20.3 Å². The van der Waals surface area contributed by atoms with Gasteiger partial charge in [0.1, 0.15) is 5.69 Å². The van der Waals surface area contributed by atoms with Crippen LogP contribution in [0.1, 0.15) is 20.3 Å². The van der Waals surface area contributed by atoms with Gasteiger partial charge in [0.05, 0.1) is 4.92 Å². The number of hydrogen-bond donors (Lipinski definition) is 3. The van der Waals surface area contributed by atoms with Crippen LogP contribution in [0.3, 0.4) is 0 Å². The van der Waals surface area contributed by atoms with Gasteiger partial charge in [-0.25, -0.2) is 0 Å². The maximum Gasteiger partial charge on any atom is 0.292 e. The quantitative estimate of drug-likeness (QED) is 0.224. The molecule has 0 unspecified atom stereocenters. The number of aliphatic imine (C=N–C) groups is 1. The van der Waals surface area contributed by atoms with Crippen LogP contribution in [0.2, 0.25) is 0 Å². The summed E-state index contributed by atoms with van der Waals surface area (Å²) in [6.45, 7) is 6.85. The molecule has 7 nitrogen and oxygen atoms in total. The lowest BCUT2D eigenvalue weighted by atomic mass is 10.2. The maximum absolute atomic E-state index is 10.9. The molecule has 0 heterocycles. The van der Waals surface area contributed by atoms with Crippen LogP contribution in [0.15, 0.2) is 29.3 Å². The number of rotatable bonds is 8. The topological polar surface area (TPSA) is 91.6 Å². The van der Waals surface area contributed by atoms with Gasteiger partial charge in [-0.1, -0.05) is 19.1 Å². The summed E-state index contributed by atoms with van der Waals surface area (Å²) in [5, 5.41) is 20.3. The van der Waals surface area contributed by atoms with Crippen LogP contribution in [0.4, 0.5) is 11.4 Å². The van der Waals surface area contributed by atoms with Crippen LogP contribution in [0.5, 0.6) is 0 Å². The number of benzene rings is 1. The smallest absolute Gasteiger partial charge is 0.292 e. The molecule has 21 heavy (non-hydrogen) atoms. The molecule has 0 radical (unpaired) electrons. The van der Waals surface area contributed by atoms with Crippen molar-refractivity contribution < 1.29 is 4.92 Å². The molecule has 0 bridgehead atoms. The van der Waals surface area contributed by atoms with Crippen LogP contribution < -0.4 is 16.0 Å². The molecule has 0 spiro atoms. The average molecular weight is 293 g/mol. The Morgan fingerprint density at radius 1 is 1.24 bits per heavy atom. The number of nitro benzene ring substituents is 1. The maximum atomic E-state index is 10.9. The predicted octanol–water partition coefficient (Wildman–Crippen LogP) is 1.97. The van der Waals surface area contributed by atoms with Gasteiger partial charge < -0.3 is 16.0 Å². The molecule has 7 heteroatoms. The Bertz CT molecular complexity index is 476. The van der Waals surface area contributed by atoms with E-state index in [1.54, 1.807) is 18.2 Å². The lowest BCUT2D eigenvalue weighted by Gasteiger charge is -2.12. The number of nitrogens with zero attached hydrogens (tertiary/aromatic N) is 2. The summed E-state index contributed by atoms with van der Waals surface area (Å²) in [4.78, 5) is 14.9. The average Bonchev–Trinajstić information content (AvgIpc) is 2.49. The van der Waals surface area contributed by atoms with Gasteiger partial charge >= 0.3 is 0 Å². The molecular weight excluding hydrogens is 270 g/mol. The summed E-state index contributed by atoms with van der Waals surface area (Å²) in [5.74, 6) is 0.767. The molecule has 1 rings (SSSR count). The highest BCUT2D eigenvalue weighted by Gasteiger charge is 2.11. The van der Waals surface area contributed by atoms with E-state index in [9.17, 15) is 10.1 Å². The van der Waals surface area contributed by atoms with Crippen molar-refractivity contribution in [3.8, 4) is 0 Å². The predicted molar refractivity (Wildman–Crippen MR) is 85.9 cm³/mol. The first-order valence-electron chi connectivity index (χ1n) is 7.18. The second-order valence-electron chi connectivity index (χ2n) is 4.39. The highest BCUT2D eigenvalue weighted by molar-refractivity contribution is 5.79. The van der Waals surface area contributed by atoms with Gasteiger partial charge in [0, 0.05) is 32.2 Å². The number of para-hydroxylation sites is 2. The van der Waals surface area contributed by atoms with E-state index in [1.165, 1.54) is 6.07 Å². The highest BCUT2D eigenvalue weighted by atomic mass is 16.6. The van der Waals surface area contributed by atoms with E-state index >= 15 is 0 Å². The standard InChI is InChI=1S/C14H23N5O2/c1-3-9-17-14(15-4-2)18-11-10-16-12-7-5-6-8-13(12)19(20)21/h5-8,16H,3-4,9-11H2,1-2H3,(H2,15,17,18). The minimum atomic E-state index is -0.386. The fourth-order valence-corrected chi connectivity index (χ4v) is 1.73. The Morgan fingerprint density at radius 2 is 2.00 bits per heavy atom. The van der Waals surface area contributed by atoms with Crippen molar-refractivity contribution in [2.75, 3.05) is 31.5 Å². The molecule has 0 amide bonds. The second-order valence-corrected chi connectivity index (χ2v) is 4.39. The van der Waals surface area contributed by atoms with E-state index in [-0.39, 0.29) is 10.6 Å². The molecule has 3 N–H and O–H groups in total. The van der Waals surface area contributed by atoms with Gasteiger partial charge in [0.15, 0.2) is 5.96 Å². The van der Waals surface area contributed by atoms with Gasteiger partial charge in [-0.05, 0) is 19.4 Å². The van der Waals surface area contributed by atoms with Crippen molar-refractivity contribution in [2.24, 2.45) is 4.99 Å². The van der Waals surface area contributed by atoms with E-state index in [2.05, 4.69) is 27.9 Å². The summed E-state index contributed by atoms with van der Waals surface area (Å²) in [7, 11) is 0. The first-order chi connectivity index (χ1) is 10.2. The molecule has 0 fully saturated rings. The second kappa shape index (κ2) is 9.57. The third-order valence-electron chi connectivity index (χ3n) is 2.67. The zero-order valence-corrected chi connectivity index (χ0v) is 12.6. The summed E-state index contributed by atoms with van der Waals surface area (Å²) in [6, 6.07) is 6.62. The zero-order chi connectivity index (χ0) is 15.5. The van der Waals surface area contributed by atoms with Gasteiger partial charge in [0.2, 0.25) is 0 Å². The van der Waals surface area contributed by atoms with E-state index in [0.29, 0.717) is 18.8 Å². The number of guanidine groups is 1. The van der Waals surface area contributed by atoms with Gasteiger partial charge in [-0.2, -0.15) is 0 Å². The number of anilines is 1. The molecule has 0 aromatic heterocycles. The van der Waals surface area contributed by atoms with Crippen molar-refractivity contribution in [3.63, 3.8) is 0 Å². The lowest BCUT2D eigenvalue weighted by Crippen LogP contribution is -2.39. The first-order valence-corrected chi connectivity index (χ1v) is 7.18. The Hall–Kier alpha value is -2.31. The SMILES string of the molecule is CCCN=C(NCC)NCCNc1ccccc1[N+](=O)[O-]. The van der Waals surface area contributed by atoms with Crippen molar-refractivity contribution in [1.29, 1.82) is 0 Å². The first kappa shape index (κ1) is 16.7. The van der Waals surface area contributed by atoms with Crippen LogP contribution in [0, 0.1) is 10.1 Å². The number of nitrogens with one attached hydrogen (secondary N) is 3. The molecule has 0 saturated carbocycles. The van der Waals surface area contributed by atoms with Gasteiger partial charge in [-0.15, -0.1) is 0 Å². The molecule has 0 aliphatic rings. The van der Waals surface area contributed by atoms with Crippen molar-refractivity contribution in [1.82, 2.24) is 10.6 Å². The molecule has 1 aromatic carbocycles. The number of hydrogen-bond acceptors (Lipinski definition) is 4. The van der Waals surface area contributed by atoms with Crippen LogP contribution in [-0.4, -0.2) is 37.1 Å². The van der Waals surface area contributed by atoms with Gasteiger partial charge in [-0.3, -0.25) is 15.1 Å². The summed E-state index contributed by atoms with van der Waals surface area (Å²) in [6.07, 6.45) is 0.991. The molecule has 116 valence electrons. The van der Waals surface area contributed by atoms with Gasteiger partial charge in [0.25, 0.3) is 5.69 Å². The third kappa shape index (κ3) is 6.11. The van der Waals surface area contributed by atoms with Crippen LogP contribution in [-0.2, 0) is 0 Å². The monoisotopic (exact) mass is 293 g/mol. The number of nitro groups is 1. The van der Waals surface area contributed by atoms with Crippen LogP contribution in [0.25, 0.3) is 0 Å². The summed E-state index contributed by atoms with van der Waals surface area (Å²) < 4.78 is 0. The van der Waals surface area contributed by atoms with E-state index in [1.807, 2.05) is 6.92 Å². The Kier molecular flexibility index (Phi) is 7.63. The minimum absolute atomic E-state index is 0.0871. The molecular formula is C14H23N5O2. The largest absolute Gasteiger partial charge is 0.378 e. The zero-order valence-electron chi connectivity index (χ0n) is 12.6. The molecule has 0 saturated heterocycles. The van der Waals surface area contributed by atoms with E-state index in [4.69, 9.17) is 0 Å². The fraction of sp³-hybridized carbons (Fsp3) is 0.500. The Labute approximate surface area is 125 Å². The van der Waals surface area contributed by atoms with Crippen LogP contribution >= 0.6 is 0 Å². The molecule has 1 aromatic rings. The minimum Gasteiger partial charge on any atom is -0.378 e. The van der Waals surface area contributed by atoms with E-state index in [0.717, 1.165) is 25.5 Å². The summed E-state index contributed by atoms with van der Waals surface area (Å²) in [5.41, 5.74) is 0.615. The normalized spacial score (nSPS) is 11.0. The highest BCUT2D eigenvalue weighted by Crippen LogP contribution is 2.22. The Morgan fingerprint density at radius 3 is 2.67 bits per heavy atom. The molecule has 0 aliphatic heterocycles. The Balaban J connectivity index is 2.44. The summed E-state index contributed by atoms with van der Waals surface area (Å²) >= 11 is 0. The van der Waals surface area contributed by atoms with E-state index < -0.39 is 0 Å². The van der Waals surface area contributed by atoms with Crippen molar-refractivity contribution in [3.05, 3.63) is 34.4 Å².